The van der Waals surface area contributed by atoms with E-state index in [0.29, 0.717) is 19.5 Å². The van der Waals surface area contributed by atoms with Gasteiger partial charge in [-0.2, -0.15) is 5.10 Å². The van der Waals surface area contributed by atoms with Crippen LogP contribution in [0.5, 0.6) is 0 Å². The molecule has 2 heterocycles. The summed E-state index contributed by atoms with van der Waals surface area (Å²) >= 11 is 0. The fourth-order valence-electron chi connectivity index (χ4n) is 1.90. The first-order valence-corrected chi connectivity index (χ1v) is 5.21. The number of likely N-dealkylation sites (tertiary alicyclic amines) is 1. The van der Waals surface area contributed by atoms with Gasteiger partial charge in [0.15, 0.2) is 0 Å². The average molecular weight is 236 g/mol. The van der Waals surface area contributed by atoms with Gasteiger partial charge in [0.25, 0.3) is 0 Å². The molecule has 1 aromatic heterocycles. The zero-order valence-corrected chi connectivity index (χ0v) is 9.15. The maximum Gasteiger partial charge on any atom is 0.307 e. The molecule has 2 rings (SSSR count). The standard InChI is InChI=1S/C10H12N4O3/c1-2-4-12-5-3-9(10(12)15)13-7-8(6-11-13)14(16)17/h2,6-7,9H,1,3-5H2. The third-order valence-electron chi connectivity index (χ3n) is 2.74. The van der Waals surface area contributed by atoms with Gasteiger partial charge >= 0.3 is 5.69 Å². The van der Waals surface area contributed by atoms with Crippen LogP contribution < -0.4 is 0 Å². The number of rotatable bonds is 4. The number of nitrogens with zero attached hydrogens (tertiary/aromatic N) is 4. The Kier molecular flexibility index (Phi) is 2.90. The van der Waals surface area contributed by atoms with Gasteiger partial charge in [-0.3, -0.25) is 19.6 Å². The normalized spacial score (nSPS) is 19.6. The minimum atomic E-state index is -0.523. The van der Waals surface area contributed by atoms with Crippen molar-refractivity contribution in [3.63, 3.8) is 0 Å². The maximum atomic E-state index is 11.9. The smallest absolute Gasteiger partial charge is 0.307 e. The predicted molar refractivity (Wildman–Crippen MR) is 59.3 cm³/mol. The van der Waals surface area contributed by atoms with E-state index >= 15 is 0 Å². The van der Waals surface area contributed by atoms with E-state index in [4.69, 9.17) is 0 Å². The van der Waals surface area contributed by atoms with Crippen LogP contribution in [-0.2, 0) is 4.79 Å². The Labute approximate surface area is 97.5 Å². The highest BCUT2D eigenvalue weighted by Gasteiger charge is 2.33. The van der Waals surface area contributed by atoms with E-state index in [0.717, 1.165) is 6.20 Å². The number of hydrogen-bond acceptors (Lipinski definition) is 4. The molecule has 1 atom stereocenters. The van der Waals surface area contributed by atoms with Crippen LogP contribution in [0, 0.1) is 10.1 Å². The molecule has 1 unspecified atom stereocenters. The zero-order chi connectivity index (χ0) is 12.4. The molecule has 17 heavy (non-hydrogen) atoms. The number of amides is 1. The van der Waals surface area contributed by atoms with Crippen molar-refractivity contribution < 1.29 is 9.72 Å². The van der Waals surface area contributed by atoms with Gasteiger partial charge in [-0.05, 0) is 6.42 Å². The lowest BCUT2D eigenvalue weighted by Gasteiger charge is -2.13. The van der Waals surface area contributed by atoms with E-state index in [1.165, 1.54) is 10.9 Å². The fourth-order valence-corrected chi connectivity index (χ4v) is 1.90. The SMILES string of the molecule is C=CCN1CCC(n2cc([N+](=O)[O-])cn2)C1=O. The first-order chi connectivity index (χ1) is 8.13. The number of aromatic nitrogens is 2. The molecule has 7 nitrogen and oxygen atoms in total. The van der Waals surface area contributed by atoms with Gasteiger partial charge in [-0.25, -0.2) is 0 Å². The predicted octanol–water partition coefficient (Wildman–Crippen LogP) is 0.751. The summed E-state index contributed by atoms with van der Waals surface area (Å²) in [5.41, 5.74) is -0.0972. The molecular formula is C10H12N4O3. The lowest BCUT2D eigenvalue weighted by Crippen LogP contribution is -2.28. The Morgan fingerprint density at radius 2 is 2.47 bits per heavy atom. The number of nitro groups is 1. The number of carbonyl (C=O) groups excluding carboxylic acids is 1. The molecule has 1 aromatic rings. The summed E-state index contributed by atoms with van der Waals surface area (Å²) in [5, 5.41) is 14.4. The van der Waals surface area contributed by atoms with Crippen molar-refractivity contribution in [2.24, 2.45) is 0 Å². The van der Waals surface area contributed by atoms with E-state index in [1.807, 2.05) is 0 Å². The molecule has 0 bridgehead atoms. The second kappa shape index (κ2) is 4.36. The van der Waals surface area contributed by atoms with Crippen LogP contribution in [0.2, 0.25) is 0 Å². The quantitative estimate of drug-likeness (QED) is 0.439. The van der Waals surface area contributed by atoms with Crippen molar-refractivity contribution >= 4 is 11.6 Å². The Balaban J connectivity index is 2.15. The molecule has 0 spiro atoms. The molecule has 1 amide bonds. The molecule has 0 aromatic carbocycles. The third-order valence-corrected chi connectivity index (χ3v) is 2.74. The molecular weight excluding hydrogens is 224 g/mol. The third kappa shape index (κ3) is 2.03. The second-order valence-electron chi connectivity index (χ2n) is 3.81. The van der Waals surface area contributed by atoms with Gasteiger partial charge in [-0.15, -0.1) is 6.58 Å². The number of carbonyl (C=O) groups is 1. The summed E-state index contributed by atoms with van der Waals surface area (Å²) in [6.07, 6.45) is 4.72. The fraction of sp³-hybridized carbons (Fsp3) is 0.400. The highest BCUT2D eigenvalue weighted by Crippen LogP contribution is 2.24. The highest BCUT2D eigenvalue weighted by molar-refractivity contribution is 5.82. The summed E-state index contributed by atoms with van der Waals surface area (Å²) in [6.45, 7) is 4.70. The summed E-state index contributed by atoms with van der Waals surface area (Å²) in [5.74, 6) is -0.0668. The summed E-state index contributed by atoms with van der Waals surface area (Å²) in [4.78, 5) is 23.6. The molecule has 1 aliphatic heterocycles. The van der Waals surface area contributed by atoms with E-state index in [1.54, 1.807) is 11.0 Å². The van der Waals surface area contributed by atoms with Crippen molar-refractivity contribution in [3.05, 3.63) is 35.2 Å². The van der Waals surface area contributed by atoms with Crippen LogP contribution in [-0.4, -0.2) is 38.6 Å². The molecule has 0 aliphatic carbocycles. The summed E-state index contributed by atoms with van der Waals surface area (Å²) in [6, 6.07) is -0.427. The lowest BCUT2D eigenvalue weighted by molar-refractivity contribution is -0.385. The van der Waals surface area contributed by atoms with Crippen molar-refractivity contribution in [2.75, 3.05) is 13.1 Å². The topological polar surface area (TPSA) is 81.3 Å². The molecule has 1 aliphatic rings. The summed E-state index contributed by atoms with van der Waals surface area (Å²) < 4.78 is 1.36. The first-order valence-electron chi connectivity index (χ1n) is 5.21. The van der Waals surface area contributed by atoms with Crippen LogP contribution in [0.15, 0.2) is 25.0 Å². The van der Waals surface area contributed by atoms with E-state index in [9.17, 15) is 14.9 Å². The lowest BCUT2D eigenvalue weighted by atomic mass is 10.2. The first kappa shape index (κ1) is 11.3. The van der Waals surface area contributed by atoms with E-state index in [-0.39, 0.29) is 11.6 Å². The van der Waals surface area contributed by atoms with E-state index < -0.39 is 11.0 Å². The minimum absolute atomic E-state index is 0.0668. The average Bonchev–Trinajstić information content (AvgIpc) is 2.87. The van der Waals surface area contributed by atoms with Crippen LogP contribution in [0.3, 0.4) is 0 Å². The van der Waals surface area contributed by atoms with Gasteiger partial charge < -0.3 is 4.90 Å². The van der Waals surface area contributed by atoms with Gasteiger partial charge in [0.05, 0.1) is 4.92 Å². The largest absolute Gasteiger partial charge is 0.337 e. The second-order valence-corrected chi connectivity index (χ2v) is 3.81. The van der Waals surface area contributed by atoms with Crippen molar-refractivity contribution in [1.82, 2.24) is 14.7 Å². The Morgan fingerprint density at radius 3 is 3.06 bits per heavy atom. The molecule has 0 N–H and O–H groups in total. The molecule has 1 saturated heterocycles. The van der Waals surface area contributed by atoms with E-state index in [2.05, 4.69) is 11.7 Å². The van der Waals surface area contributed by atoms with Gasteiger partial charge in [-0.1, -0.05) is 6.08 Å². The molecule has 1 fully saturated rings. The zero-order valence-electron chi connectivity index (χ0n) is 9.15. The van der Waals surface area contributed by atoms with Crippen LogP contribution in [0.1, 0.15) is 12.5 Å². The van der Waals surface area contributed by atoms with Gasteiger partial charge in [0.2, 0.25) is 5.91 Å². The maximum absolute atomic E-state index is 11.9. The highest BCUT2D eigenvalue weighted by atomic mass is 16.6. The Bertz CT molecular complexity index is 468. The Hall–Kier alpha value is -2.18. The van der Waals surface area contributed by atoms with Crippen molar-refractivity contribution in [2.45, 2.75) is 12.5 Å². The van der Waals surface area contributed by atoms with Crippen LogP contribution >= 0.6 is 0 Å². The van der Waals surface area contributed by atoms with Crippen molar-refractivity contribution in [3.8, 4) is 0 Å². The molecule has 7 heteroatoms. The molecule has 0 radical (unpaired) electrons. The van der Waals surface area contributed by atoms with Gasteiger partial charge in [0.1, 0.15) is 18.4 Å². The van der Waals surface area contributed by atoms with Gasteiger partial charge in [0, 0.05) is 13.1 Å². The Morgan fingerprint density at radius 1 is 1.71 bits per heavy atom. The number of hydrogen-bond donors (Lipinski definition) is 0. The van der Waals surface area contributed by atoms with Crippen molar-refractivity contribution in [1.29, 1.82) is 0 Å². The van der Waals surface area contributed by atoms with Crippen LogP contribution in [0.4, 0.5) is 5.69 Å². The molecule has 90 valence electrons. The minimum Gasteiger partial charge on any atom is -0.337 e. The monoisotopic (exact) mass is 236 g/mol. The summed E-state index contributed by atoms with van der Waals surface area (Å²) in [7, 11) is 0. The van der Waals surface area contributed by atoms with Crippen LogP contribution in [0.25, 0.3) is 0 Å². The molecule has 0 saturated carbocycles.